The maximum Gasteiger partial charge on any atom is 0.410 e. The number of rotatable bonds is 0. The van der Waals surface area contributed by atoms with Crippen LogP contribution >= 0.6 is 11.6 Å². The first-order chi connectivity index (χ1) is 10.3. The molecule has 1 aromatic carbocycles. The Morgan fingerprint density at radius 1 is 1.32 bits per heavy atom. The van der Waals surface area contributed by atoms with Gasteiger partial charge < -0.3 is 9.64 Å². The van der Waals surface area contributed by atoms with Crippen molar-refractivity contribution in [3.05, 3.63) is 40.5 Å². The molecule has 5 heteroatoms. The lowest BCUT2D eigenvalue weighted by Crippen LogP contribution is -2.40. The fourth-order valence-electron chi connectivity index (χ4n) is 2.59. The third-order valence-electron chi connectivity index (χ3n) is 3.58. The van der Waals surface area contributed by atoms with Gasteiger partial charge in [-0.2, -0.15) is 0 Å². The number of ether oxygens (including phenoxy) is 1. The minimum Gasteiger partial charge on any atom is -0.444 e. The highest BCUT2D eigenvalue weighted by atomic mass is 35.5. The van der Waals surface area contributed by atoms with Gasteiger partial charge in [-0.25, -0.2) is 4.79 Å². The number of fused-ring (bicyclic) bond motifs is 2. The summed E-state index contributed by atoms with van der Waals surface area (Å²) in [5.74, 6) is 0. The molecule has 0 N–H and O–H groups in total. The molecular weight excluding hydrogens is 300 g/mol. The van der Waals surface area contributed by atoms with Crippen LogP contribution in [-0.4, -0.2) is 28.1 Å². The highest BCUT2D eigenvalue weighted by Gasteiger charge is 2.26. The number of halogens is 1. The normalized spacial score (nSPS) is 14.8. The number of carbonyl (C=O) groups is 1. The topological polar surface area (TPSA) is 42.4 Å². The van der Waals surface area contributed by atoms with E-state index >= 15 is 0 Å². The molecule has 22 heavy (non-hydrogen) atoms. The summed E-state index contributed by atoms with van der Waals surface area (Å²) in [6, 6.07) is 7.74. The zero-order chi connectivity index (χ0) is 15.9. The van der Waals surface area contributed by atoms with E-state index in [1.165, 1.54) is 0 Å². The third-order valence-corrected chi connectivity index (χ3v) is 3.81. The highest BCUT2D eigenvalue weighted by Crippen LogP contribution is 2.25. The minimum atomic E-state index is -0.480. The molecule has 0 atom stereocenters. The molecule has 0 spiro atoms. The molecule has 0 saturated carbocycles. The zero-order valence-electron chi connectivity index (χ0n) is 13.0. The Hall–Kier alpha value is -1.81. The molecule has 2 heterocycles. The molecule has 2 aromatic rings. The van der Waals surface area contributed by atoms with Crippen LogP contribution in [-0.2, 0) is 17.7 Å². The number of benzene rings is 1. The Morgan fingerprint density at radius 3 is 2.82 bits per heavy atom. The molecule has 116 valence electrons. The van der Waals surface area contributed by atoms with E-state index in [1.54, 1.807) is 4.90 Å². The van der Waals surface area contributed by atoms with Gasteiger partial charge in [-0.1, -0.05) is 11.6 Å². The average molecular weight is 319 g/mol. The molecule has 0 aliphatic carbocycles. The summed E-state index contributed by atoms with van der Waals surface area (Å²) in [7, 11) is 0. The van der Waals surface area contributed by atoms with Gasteiger partial charge in [0.25, 0.3) is 0 Å². The van der Waals surface area contributed by atoms with Crippen molar-refractivity contribution in [3.63, 3.8) is 0 Å². The number of hydrogen-bond acceptors (Lipinski definition) is 3. The predicted molar refractivity (Wildman–Crippen MR) is 87.1 cm³/mol. The van der Waals surface area contributed by atoms with Gasteiger partial charge in [-0.15, -0.1) is 0 Å². The summed E-state index contributed by atoms with van der Waals surface area (Å²) in [5.41, 5.74) is 2.57. The van der Waals surface area contributed by atoms with Gasteiger partial charge in [-0.3, -0.25) is 4.98 Å². The van der Waals surface area contributed by atoms with Crippen LogP contribution in [0.1, 0.15) is 32.0 Å². The van der Waals surface area contributed by atoms with Crippen molar-refractivity contribution in [1.82, 2.24) is 9.88 Å². The molecule has 0 saturated heterocycles. The van der Waals surface area contributed by atoms with Crippen LogP contribution in [0.25, 0.3) is 10.9 Å². The van der Waals surface area contributed by atoms with Crippen LogP contribution in [0.5, 0.6) is 0 Å². The van der Waals surface area contributed by atoms with E-state index in [-0.39, 0.29) is 6.09 Å². The summed E-state index contributed by atoms with van der Waals surface area (Å²) in [6.07, 6.45) is 0.469. The van der Waals surface area contributed by atoms with Gasteiger partial charge in [0.1, 0.15) is 5.60 Å². The summed E-state index contributed by atoms with van der Waals surface area (Å²) in [5, 5.41) is 1.69. The van der Waals surface area contributed by atoms with E-state index in [2.05, 4.69) is 11.1 Å². The summed E-state index contributed by atoms with van der Waals surface area (Å²) < 4.78 is 5.44. The van der Waals surface area contributed by atoms with Crippen molar-refractivity contribution in [2.24, 2.45) is 0 Å². The molecule has 0 bridgehead atoms. The van der Waals surface area contributed by atoms with E-state index in [0.717, 1.165) is 28.6 Å². The van der Waals surface area contributed by atoms with Crippen LogP contribution in [0.15, 0.2) is 24.3 Å². The second kappa shape index (κ2) is 5.43. The molecule has 1 aliphatic rings. The molecule has 3 rings (SSSR count). The van der Waals surface area contributed by atoms with Crippen molar-refractivity contribution in [2.75, 3.05) is 6.54 Å². The predicted octanol–water partition coefficient (Wildman–Crippen LogP) is 4.18. The quantitative estimate of drug-likeness (QED) is 0.731. The highest BCUT2D eigenvalue weighted by molar-refractivity contribution is 6.31. The molecular formula is C17H19ClN2O2. The fraction of sp³-hybridized carbons (Fsp3) is 0.412. The standard InChI is InChI=1S/C17H19ClN2O2/c1-17(2,3)22-16(21)20-7-6-15-12(10-20)8-11-9-13(18)4-5-14(11)19-15/h4-5,8-9H,6-7,10H2,1-3H3. The van der Waals surface area contributed by atoms with Crippen LogP contribution < -0.4 is 0 Å². The monoisotopic (exact) mass is 318 g/mol. The first-order valence-corrected chi connectivity index (χ1v) is 7.76. The van der Waals surface area contributed by atoms with E-state index < -0.39 is 5.60 Å². The van der Waals surface area contributed by atoms with Crippen LogP contribution in [0.4, 0.5) is 4.79 Å². The Balaban J connectivity index is 1.87. The number of amides is 1. The van der Waals surface area contributed by atoms with E-state index in [4.69, 9.17) is 16.3 Å². The number of hydrogen-bond donors (Lipinski definition) is 0. The van der Waals surface area contributed by atoms with E-state index in [0.29, 0.717) is 18.1 Å². The first kappa shape index (κ1) is 15.1. The Labute approximate surface area is 135 Å². The second-order valence-electron chi connectivity index (χ2n) is 6.58. The molecule has 1 amide bonds. The summed E-state index contributed by atoms with van der Waals surface area (Å²) >= 11 is 6.04. The van der Waals surface area contributed by atoms with Crippen molar-refractivity contribution >= 4 is 28.6 Å². The summed E-state index contributed by atoms with van der Waals surface area (Å²) in [4.78, 5) is 18.6. The van der Waals surface area contributed by atoms with Gasteiger partial charge in [0.05, 0.1) is 12.1 Å². The van der Waals surface area contributed by atoms with Crippen molar-refractivity contribution < 1.29 is 9.53 Å². The largest absolute Gasteiger partial charge is 0.444 e. The number of nitrogens with zero attached hydrogens (tertiary/aromatic N) is 2. The SMILES string of the molecule is CC(C)(C)OC(=O)N1CCc2nc3ccc(Cl)cc3cc2C1. The fourth-order valence-corrected chi connectivity index (χ4v) is 2.77. The van der Waals surface area contributed by atoms with Crippen molar-refractivity contribution in [2.45, 2.75) is 39.3 Å². The number of pyridine rings is 1. The molecule has 1 aliphatic heterocycles. The first-order valence-electron chi connectivity index (χ1n) is 7.38. The third kappa shape index (κ3) is 3.17. The zero-order valence-corrected chi connectivity index (χ0v) is 13.8. The van der Waals surface area contributed by atoms with Crippen LogP contribution in [0.3, 0.4) is 0 Å². The van der Waals surface area contributed by atoms with Gasteiger partial charge in [0.2, 0.25) is 0 Å². The number of carbonyl (C=O) groups excluding carboxylic acids is 1. The van der Waals surface area contributed by atoms with E-state index in [9.17, 15) is 4.79 Å². The lowest BCUT2D eigenvalue weighted by molar-refractivity contribution is 0.0223. The Kier molecular flexibility index (Phi) is 3.73. The maximum absolute atomic E-state index is 12.2. The van der Waals surface area contributed by atoms with Gasteiger partial charge in [0.15, 0.2) is 0 Å². The van der Waals surface area contributed by atoms with E-state index in [1.807, 2.05) is 39.0 Å². The smallest absolute Gasteiger partial charge is 0.410 e. The van der Waals surface area contributed by atoms with Gasteiger partial charge in [0, 0.05) is 29.1 Å². The molecule has 0 fully saturated rings. The average Bonchev–Trinajstić information content (AvgIpc) is 2.42. The molecule has 1 aromatic heterocycles. The lowest BCUT2D eigenvalue weighted by Gasteiger charge is -2.31. The molecule has 0 unspecified atom stereocenters. The minimum absolute atomic E-state index is 0.274. The van der Waals surface area contributed by atoms with Gasteiger partial charge >= 0.3 is 6.09 Å². The molecule has 0 radical (unpaired) electrons. The second-order valence-corrected chi connectivity index (χ2v) is 7.02. The van der Waals surface area contributed by atoms with Crippen LogP contribution in [0.2, 0.25) is 5.02 Å². The Bertz CT molecular complexity index is 737. The van der Waals surface area contributed by atoms with Gasteiger partial charge in [-0.05, 0) is 50.6 Å². The lowest BCUT2D eigenvalue weighted by atomic mass is 10.0. The van der Waals surface area contributed by atoms with Crippen LogP contribution in [0, 0.1) is 0 Å². The maximum atomic E-state index is 12.2. The van der Waals surface area contributed by atoms with Crippen molar-refractivity contribution in [1.29, 1.82) is 0 Å². The number of aromatic nitrogens is 1. The molecule has 4 nitrogen and oxygen atoms in total. The summed E-state index contributed by atoms with van der Waals surface area (Å²) in [6.45, 7) is 6.78. The van der Waals surface area contributed by atoms with Crippen molar-refractivity contribution in [3.8, 4) is 0 Å². The Morgan fingerprint density at radius 2 is 2.09 bits per heavy atom.